The van der Waals surface area contributed by atoms with E-state index in [9.17, 15) is 14.4 Å². The monoisotopic (exact) mass is 985 g/mol. The maximum Gasteiger partial charge on any atom is 0.306 e. The number of allylic oxidation sites excluding steroid dienone is 18. The van der Waals surface area contributed by atoms with Crippen molar-refractivity contribution in [1.29, 1.82) is 0 Å². The van der Waals surface area contributed by atoms with Gasteiger partial charge in [-0.15, -0.1) is 0 Å². The molecule has 404 valence electrons. The fourth-order valence-corrected chi connectivity index (χ4v) is 7.89. The van der Waals surface area contributed by atoms with Gasteiger partial charge in [-0.2, -0.15) is 0 Å². The van der Waals surface area contributed by atoms with E-state index < -0.39 is 6.10 Å². The summed E-state index contributed by atoms with van der Waals surface area (Å²) in [5, 5.41) is 0. The van der Waals surface area contributed by atoms with E-state index in [2.05, 4.69) is 130 Å². The normalized spacial score (nSPS) is 12.9. The SMILES string of the molecule is CC/C=C\C/C=C\C/C=C\C/C=C\CCCCC(=O)OC(COC(=O)CCCCCCC/C=C\C/C=C\C/C=C\CC)COC(=O)CCCCCCCCCCCCC/C=C\C/C=C\CCCCCCC. The molecule has 0 aromatic heterocycles. The molecule has 1 atom stereocenters. The van der Waals surface area contributed by atoms with E-state index in [1.807, 2.05) is 0 Å². The Morgan fingerprint density at radius 2 is 0.549 bits per heavy atom. The van der Waals surface area contributed by atoms with Gasteiger partial charge >= 0.3 is 17.9 Å². The minimum absolute atomic E-state index is 0.103. The molecule has 0 aromatic carbocycles. The summed E-state index contributed by atoms with van der Waals surface area (Å²) in [4.78, 5) is 38.2. The van der Waals surface area contributed by atoms with Crippen LogP contribution >= 0.6 is 0 Å². The van der Waals surface area contributed by atoms with Crippen molar-refractivity contribution in [2.24, 2.45) is 0 Å². The lowest BCUT2D eigenvalue weighted by Gasteiger charge is -2.18. The molecule has 0 fully saturated rings. The van der Waals surface area contributed by atoms with Gasteiger partial charge in [0.1, 0.15) is 13.2 Å². The summed E-state index contributed by atoms with van der Waals surface area (Å²) in [6.07, 6.45) is 79.4. The lowest BCUT2D eigenvalue weighted by molar-refractivity contribution is -0.167. The summed E-state index contributed by atoms with van der Waals surface area (Å²) in [7, 11) is 0. The third-order valence-electron chi connectivity index (χ3n) is 12.2. The first-order chi connectivity index (χ1) is 35.0. The molecule has 0 aromatic rings. The van der Waals surface area contributed by atoms with Crippen molar-refractivity contribution in [3.63, 3.8) is 0 Å². The average Bonchev–Trinajstić information content (AvgIpc) is 3.37. The molecule has 0 amide bonds. The van der Waals surface area contributed by atoms with Crippen molar-refractivity contribution in [3.8, 4) is 0 Å². The van der Waals surface area contributed by atoms with E-state index in [-0.39, 0.29) is 37.5 Å². The van der Waals surface area contributed by atoms with Crippen LogP contribution in [0.1, 0.15) is 265 Å². The van der Waals surface area contributed by atoms with Crippen molar-refractivity contribution in [2.75, 3.05) is 13.2 Å². The maximum atomic E-state index is 12.8. The van der Waals surface area contributed by atoms with Crippen molar-refractivity contribution >= 4 is 17.9 Å². The standard InChI is InChI=1S/C65H108O6/c1-4-7-10-13-16-19-22-25-28-29-30-31-32-33-34-35-38-40-43-46-49-52-55-58-64(67)70-61-62(71-65(68)59-56-53-50-47-44-41-37-27-24-21-18-15-12-9-6-3)60-69-63(66)57-54-51-48-45-42-39-36-26-23-20-17-14-11-8-5-2/h8-9,11-12,17-18,20-22,25-27,29-30,36-37,44,47,62H,4-7,10,13-16,19,23-24,28,31-35,38-43,45-46,48-61H2,1-3H3/b11-8-,12-9-,20-17-,21-18-,25-22-,30-29-,36-26-,37-27-,47-44-. The second-order valence-corrected chi connectivity index (χ2v) is 19.1. The number of ether oxygens (including phenoxy) is 3. The number of unbranched alkanes of at least 4 members (excludes halogenated alkanes) is 23. The van der Waals surface area contributed by atoms with Crippen LogP contribution in [0.25, 0.3) is 0 Å². The van der Waals surface area contributed by atoms with Gasteiger partial charge in [0.25, 0.3) is 0 Å². The molecule has 1 unspecified atom stereocenters. The molecule has 6 heteroatoms. The highest BCUT2D eigenvalue weighted by atomic mass is 16.6. The molecule has 0 aliphatic heterocycles. The van der Waals surface area contributed by atoms with Gasteiger partial charge in [-0.05, 0) is 122 Å². The van der Waals surface area contributed by atoms with Gasteiger partial charge in [0, 0.05) is 19.3 Å². The van der Waals surface area contributed by atoms with Crippen molar-refractivity contribution in [2.45, 2.75) is 271 Å². The van der Waals surface area contributed by atoms with Crippen LogP contribution in [0.3, 0.4) is 0 Å². The van der Waals surface area contributed by atoms with Crippen molar-refractivity contribution in [3.05, 3.63) is 109 Å². The summed E-state index contributed by atoms with van der Waals surface area (Å²) in [5.74, 6) is -0.963. The number of esters is 3. The highest BCUT2D eigenvalue weighted by molar-refractivity contribution is 5.71. The van der Waals surface area contributed by atoms with E-state index in [1.54, 1.807) is 0 Å². The maximum absolute atomic E-state index is 12.8. The number of rotatable bonds is 52. The predicted molar refractivity (Wildman–Crippen MR) is 307 cm³/mol. The second kappa shape index (κ2) is 58.6. The largest absolute Gasteiger partial charge is 0.462 e. The molecule has 0 aliphatic carbocycles. The zero-order valence-corrected chi connectivity index (χ0v) is 46.2. The Hall–Kier alpha value is -3.93. The number of hydrogen-bond acceptors (Lipinski definition) is 6. The molecule has 71 heavy (non-hydrogen) atoms. The van der Waals surface area contributed by atoms with E-state index in [4.69, 9.17) is 14.2 Å². The minimum Gasteiger partial charge on any atom is -0.462 e. The third kappa shape index (κ3) is 56.9. The highest BCUT2D eigenvalue weighted by Gasteiger charge is 2.19. The Bertz CT molecular complexity index is 1460. The predicted octanol–water partition coefficient (Wildman–Crippen LogP) is 19.9. The fraction of sp³-hybridized carbons (Fsp3) is 0.677. The van der Waals surface area contributed by atoms with Crippen LogP contribution in [0.5, 0.6) is 0 Å². The fourth-order valence-electron chi connectivity index (χ4n) is 7.89. The Kier molecular flexibility index (Phi) is 55.4. The zero-order valence-electron chi connectivity index (χ0n) is 46.2. The Balaban J connectivity index is 4.40. The number of hydrogen-bond donors (Lipinski definition) is 0. The van der Waals surface area contributed by atoms with Gasteiger partial charge in [0.2, 0.25) is 0 Å². The summed E-state index contributed by atoms with van der Waals surface area (Å²) >= 11 is 0. The number of carbonyl (C=O) groups is 3. The summed E-state index contributed by atoms with van der Waals surface area (Å²) in [6, 6.07) is 0. The van der Waals surface area contributed by atoms with Crippen molar-refractivity contribution < 1.29 is 28.6 Å². The highest BCUT2D eigenvalue weighted by Crippen LogP contribution is 2.15. The van der Waals surface area contributed by atoms with E-state index in [0.29, 0.717) is 19.3 Å². The smallest absolute Gasteiger partial charge is 0.306 e. The molecule has 0 saturated heterocycles. The first-order valence-electron chi connectivity index (χ1n) is 29.4. The molecule has 0 saturated carbocycles. The third-order valence-corrected chi connectivity index (χ3v) is 12.2. The van der Waals surface area contributed by atoms with Crippen LogP contribution in [0, 0.1) is 0 Å². The molecule has 0 spiro atoms. The van der Waals surface area contributed by atoms with Gasteiger partial charge in [-0.3, -0.25) is 14.4 Å². The van der Waals surface area contributed by atoms with Crippen LogP contribution in [0.2, 0.25) is 0 Å². The molecule has 0 rings (SSSR count). The molecule has 6 nitrogen and oxygen atoms in total. The van der Waals surface area contributed by atoms with E-state index in [1.165, 1.54) is 96.3 Å². The first-order valence-corrected chi connectivity index (χ1v) is 29.4. The second-order valence-electron chi connectivity index (χ2n) is 19.1. The van der Waals surface area contributed by atoms with Crippen LogP contribution in [-0.2, 0) is 28.6 Å². The summed E-state index contributed by atoms with van der Waals surface area (Å²) < 4.78 is 16.8. The molecular formula is C65H108O6. The first kappa shape index (κ1) is 67.1. The molecule has 0 N–H and O–H groups in total. The minimum atomic E-state index is -0.810. The van der Waals surface area contributed by atoms with Crippen LogP contribution in [-0.4, -0.2) is 37.2 Å². The lowest BCUT2D eigenvalue weighted by Crippen LogP contribution is -2.30. The summed E-state index contributed by atoms with van der Waals surface area (Å²) in [5.41, 5.74) is 0. The molecule has 0 radical (unpaired) electrons. The van der Waals surface area contributed by atoms with Crippen LogP contribution in [0.15, 0.2) is 109 Å². The van der Waals surface area contributed by atoms with E-state index in [0.717, 1.165) is 122 Å². The average molecular weight is 986 g/mol. The summed E-state index contributed by atoms with van der Waals surface area (Å²) in [6.45, 7) is 6.36. The Labute approximate surface area is 438 Å². The van der Waals surface area contributed by atoms with Crippen LogP contribution in [0.4, 0.5) is 0 Å². The quantitative estimate of drug-likeness (QED) is 0.0261. The van der Waals surface area contributed by atoms with Gasteiger partial charge in [0.15, 0.2) is 6.10 Å². The lowest BCUT2D eigenvalue weighted by atomic mass is 10.0. The molecular weight excluding hydrogens is 877 g/mol. The van der Waals surface area contributed by atoms with Crippen LogP contribution < -0.4 is 0 Å². The number of carbonyl (C=O) groups excluding carboxylic acids is 3. The zero-order chi connectivity index (χ0) is 51.4. The van der Waals surface area contributed by atoms with Crippen molar-refractivity contribution in [1.82, 2.24) is 0 Å². The topological polar surface area (TPSA) is 78.9 Å². The Morgan fingerprint density at radius 3 is 0.887 bits per heavy atom. The van der Waals surface area contributed by atoms with Gasteiger partial charge in [-0.1, -0.05) is 233 Å². The van der Waals surface area contributed by atoms with Gasteiger partial charge in [0.05, 0.1) is 0 Å². The Morgan fingerprint density at radius 1 is 0.296 bits per heavy atom. The van der Waals surface area contributed by atoms with Gasteiger partial charge < -0.3 is 14.2 Å². The molecule has 0 heterocycles. The van der Waals surface area contributed by atoms with Gasteiger partial charge in [-0.25, -0.2) is 0 Å². The molecule has 0 aliphatic rings. The molecule has 0 bridgehead atoms. The van der Waals surface area contributed by atoms with E-state index >= 15 is 0 Å².